The lowest BCUT2D eigenvalue weighted by Crippen LogP contribution is -2.26. The van der Waals surface area contributed by atoms with E-state index in [4.69, 9.17) is 4.84 Å². The number of hydrogen-bond donors (Lipinski definition) is 1. The van der Waals surface area contributed by atoms with Crippen molar-refractivity contribution in [2.75, 3.05) is 0 Å². The molecule has 1 heterocycles. The number of rotatable bonds is 2. The molecule has 1 aliphatic heterocycles. The highest BCUT2D eigenvalue weighted by Gasteiger charge is 2.34. The average molecular weight is 205 g/mol. The topological polar surface area (TPSA) is 41.8 Å². The lowest BCUT2D eigenvalue weighted by atomic mass is 9.96. The molecule has 3 heteroatoms. The summed E-state index contributed by atoms with van der Waals surface area (Å²) in [5.41, 5.74) is 1.69. The molecular weight excluding hydrogens is 190 g/mol. The molecule has 1 aliphatic rings. The molecule has 15 heavy (non-hydrogen) atoms. The van der Waals surface area contributed by atoms with E-state index in [0.29, 0.717) is 0 Å². The monoisotopic (exact) mass is 205 g/mol. The third kappa shape index (κ3) is 1.88. The molecule has 0 saturated carbocycles. The van der Waals surface area contributed by atoms with Gasteiger partial charge < -0.3 is 9.94 Å². The van der Waals surface area contributed by atoms with Crippen LogP contribution in [-0.2, 0) is 4.84 Å². The van der Waals surface area contributed by atoms with E-state index in [1.165, 1.54) is 0 Å². The first-order chi connectivity index (χ1) is 7.20. The predicted octanol–water partition coefficient (Wildman–Crippen LogP) is 2.13. The molecule has 0 amide bonds. The molecule has 3 nitrogen and oxygen atoms in total. The summed E-state index contributed by atoms with van der Waals surface area (Å²) in [5, 5.41) is 14.0. The van der Waals surface area contributed by atoms with Gasteiger partial charge in [0.2, 0.25) is 0 Å². The van der Waals surface area contributed by atoms with Crippen LogP contribution in [0.15, 0.2) is 35.5 Å². The van der Waals surface area contributed by atoms with E-state index in [1.807, 2.05) is 44.2 Å². The summed E-state index contributed by atoms with van der Waals surface area (Å²) in [4.78, 5) is 5.26. The minimum absolute atomic E-state index is 0.216. The van der Waals surface area contributed by atoms with Gasteiger partial charge >= 0.3 is 0 Å². The van der Waals surface area contributed by atoms with Gasteiger partial charge in [-0.3, -0.25) is 0 Å². The van der Waals surface area contributed by atoms with Gasteiger partial charge in [-0.1, -0.05) is 49.3 Å². The zero-order valence-electron chi connectivity index (χ0n) is 8.92. The molecule has 2 rings (SSSR count). The van der Waals surface area contributed by atoms with Crippen LogP contribution in [0.3, 0.4) is 0 Å². The fourth-order valence-electron chi connectivity index (χ4n) is 1.72. The smallest absolute Gasteiger partial charge is 0.183 e. The Morgan fingerprint density at radius 3 is 2.47 bits per heavy atom. The number of hydrogen-bond acceptors (Lipinski definition) is 3. The van der Waals surface area contributed by atoms with E-state index in [1.54, 1.807) is 0 Å². The summed E-state index contributed by atoms with van der Waals surface area (Å²) in [6.45, 7) is 4.00. The fourth-order valence-corrected chi connectivity index (χ4v) is 1.72. The van der Waals surface area contributed by atoms with Gasteiger partial charge in [-0.2, -0.15) is 0 Å². The number of oxime groups is 1. The first-order valence-corrected chi connectivity index (χ1v) is 5.16. The largest absolute Gasteiger partial charge is 0.384 e. The second kappa shape index (κ2) is 4.03. The second-order valence-corrected chi connectivity index (χ2v) is 4.05. The van der Waals surface area contributed by atoms with Crippen molar-refractivity contribution in [2.24, 2.45) is 11.1 Å². The first kappa shape index (κ1) is 10.2. The van der Waals surface area contributed by atoms with Crippen molar-refractivity contribution < 1.29 is 9.94 Å². The number of benzene rings is 1. The highest BCUT2D eigenvalue weighted by atomic mass is 16.7. The van der Waals surface area contributed by atoms with Crippen molar-refractivity contribution >= 4 is 5.71 Å². The summed E-state index contributed by atoms with van der Waals surface area (Å²) in [7, 11) is 0. The summed E-state index contributed by atoms with van der Waals surface area (Å²) in [6.07, 6.45) is -0.962. The molecule has 1 aromatic carbocycles. The van der Waals surface area contributed by atoms with Crippen molar-refractivity contribution in [3.63, 3.8) is 0 Å². The molecule has 2 atom stereocenters. The summed E-state index contributed by atoms with van der Waals surface area (Å²) in [6, 6.07) is 9.67. The van der Waals surface area contributed by atoms with Gasteiger partial charge in [-0.15, -0.1) is 0 Å². The van der Waals surface area contributed by atoms with E-state index in [2.05, 4.69) is 5.16 Å². The van der Waals surface area contributed by atoms with Crippen LogP contribution in [0.5, 0.6) is 0 Å². The zero-order chi connectivity index (χ0) is 10.8. The molecule has 1 N–H and O–H groups in total. The normalized spacial score (nSPS) is 25.2. The van der Waals surface area contributed by atoms with E-state index >= 15 is 0 Å². The van der Waals surface area contributed by atoms with Crippen molar-refractivity contribution in [1.29, 1.82) is 0 Å². The summed E-state index contributed by atoms with van der Waals surface area (Å²) in [5.74, 6) is 0.216. The third-order valence-corrected chi connectivity index (χ3v) is 2.58. The Balaban J connectivity index is 2.17. The number of aliphatic hydroxyl groups is 1. The predicted molar refractivity (Wildman–Crippen MR) is 58.5 cm³/mol. The Bertz CT molecular complexity index is 359. The van der Waals surface area contributed by atoms with Gasteiger partial charge in [0.15, 0.2) is 6.10 Å². The van der Waals surface area contributed by atoms with Crippen LogP contribution in [0.2, 0.25) is 0 Å². The maximum Gasteiger partial charge on any atom is 0.183 e. The van der Waals surface area contributed by atoms with Gasteiger partial charge in [-0.25, -0.2) is 0 Å². The van der Waals surface area contributed by atoms with Crippen molar-refractivity contribution in [1.82, 2.24) is 0 Å². The minimum Gasteiger partial charge on any atom is -0.384 e. The molecule has 0 radical (unpaired) electrons. The van der Waals surface area contributed by atoms with Crippen LogP contribution in [0, 0.1) is 5.92 Å². The van der Waals surface area contributed by atoms with Crippen molar-refractivity contribution in [2.45, 2.75) is 26.1 Å². The standard InChI is InChI=1S/C12H15NO2/c1-8(2)10-11(14)12(15-13-10)9-6-4-3-5-7-9/h3-8,11-12,14H,1-2H3/t11-,12+/m0/s1. The molecule has 0 aromatic heterocycles. The third-order valence-electron chi connectivity index (χ3n) is 2.58. The van der Waals surface area contributed by atoms with Gasteiger partial charge in [0.05, 0.1) is 5.71 Å². The van der Waals surface area contributed by atoms with E-state index in [0.717, 1.165) is 11.3 Å². The quantitative estimate of drug-likeness (QED) is 0.803. The molecule has 0 fully saturated rings. The van der Waals surface area contributed by atoms with Crippen molar-refractivity contribution in [3.8, 4) is 0 Å². The maximum absolute atomic E-state index is 10.0. The van der Waals surface area contributed by atoms with Crippen LogP contribution in [0.4, 0.5) is 0 Å². The van der Waals surface area contributed by atoms with Crippen LogP contribution in [0.25, 0.3) is 0 Å². The van der Waals surface area contributed by atoms with Gasteiger partial charge in [0.1, 0.15) is 6.10 Å². The second-order valence-electron chi connectivity index (χ2n) is 4.05. The highest BCUT2D eigenvalue weighted by Crippen LogP contribution is 2.29. The Labute approximate surface area is 89.4 Å². The summed E-state index contributed by atoms with van der Waals surface area (Å²) >= 11 is 0. The van der Waals surface area contributed by atoms with Crippen LogP contribution >= 0.6 is 0 Å². The lowest BCUT2D eigenvalue weighted by molar-refractivity contribution is 0.0204. The molecule has 0 unspecified atom stereocenters. The maximum atomic E-state index is 10.0. The highest BCUT2D eigenvalue weighted by molar-refractivity contribution is 5.91. The molecule has 0 aliphatic carbocycles. The zero-order valence-corrected chi connectivity index (χ0v) is 8.92. The SMILES string of the molecule is CC(C)C1=NO[C@H](c2ccccc2)[C@H]1O. The average Bonchev–Trinajstić information content (AvgIpc) is 2.61. The lowest BCUT2D eigenvalue weighted by Gasteiger charge is -2.14. The molecule has 0 saturated heterocycles. The number of nitrogens with zero attached hydrogens (tertiary/aromatic N) is 1. The van der Waals surface area contributed by atoms with Gasteiger partial charge in [-0.05, 0) is 11.5 Å². The first-order valence-electron chi connectivity index (χ1n) is 5.16. The van der Waals surface area contributed by atoms with E-state index in [-0.39, 0.29) is 12.0 Å². The van der Waals surface area contributed by atoms with Gasteiger partial charge in [0, 0.05) is 0 Å². The fraction of sp³-hybridized carbons (Fsp3) is 0.417. The van der Waals surface area contributed by atoms with E-state index < -0.39 is 6.10 Å². The molecule has 0 spiro atoms. The Morgan fingerprint density at radius 2 is 1.93 bits per heavy atom. The Hall–Kier alpha value is -1.35. The van der Waals surface area contributed by atoms with Gasteiger partial charge in [0.25, 0.3) is 0 Å². The summed E-state index contributed by atoms with van der Waals surface area (Å²) < 4.78 is 0. The molecule has 1 aromatic rings. The molecular formula is C12H15NO2. The Kier molecular flexibility index (Phi) is 2.73. The molecule has 80 valence electrons. The van der Waals surface area contributed by atoms with Crippen LogP contribution in [0.1, 0.15) is 25.5 Å². The minimum atomic E-state index is -0.618. The molecule has 0 bridgehead atoms. The number of aliphatic hydroxyl groups excluding tert-OH is 1. The van der Waals surface area contributed by atoms with E-state index in [9.17, 15) is 5.11 Å². The Morgan fingerprint density at radius 1 is 1.27 bits per heavy atom. The van der Waals surface area contributed by atoms with Crippen LogP contribution in [-0.4, -0.2) is 16.9 Å². The van der Waals surface area contributed by atoms with Crippen molar-refractivity contribution in [3.05, 3.63) is 35.9 Å². The van der Waals surface area contributed by atoms with Crippen LogP contribution < -0.4 is 0 Å².